The maximum Gasteiger partial charge on any atom is 0.261 e. The highest BCUT2D eigenvalue weighted by atomic mass is 16.1. The van der Waals surface area contributed by atoms with Crippen molar-refractivity contribution in [3.8, 4) is 0 Å². The molecule has 0 N–H and O–H groups in total. The van der Waals surface area contributed by atoms with Gasteiger partial charge in [-0.05, 0) is 38.8 Å². The molecule has 114 valence electrons. The molecule has 3 aromatic rings. The normalized spacial score (nSPS) is 11.2. The zero-order chi connectivity index (χ0) is 15.7. The Morgan fingerprint density at radius 2 is 1.95 bits per heavy atom. The fourth-order valence-electron chi connectivity index (χ4n) is 2.66. The van der Waals surface area contributed by atoms with E-state index >= 15 is 0 Å². The van der Waals surface area contributed by atoms with Gasteiger partial charge in [-0.3, -0.25) is 14.0 Å². The predicted molar refractivity (Wildman–Crippen MR) is 84.9 cm³/mol. The minimum Gasteiger partial charge on any atom is -0.299 e. The lowest BCUT2D eigenvalue weighted by molar-refractivity contribution is 0.507. The quantitative estimate of drug-likeness (QED) is 0.739. The SMILES string of the molecule is Cc1nc(C)n(CCCn2cnc3c(C)cccc3c2=O)n1. The Balaban J connectivity index is 1.79. The summed E-state index contributed by atoms with van der Waals surface area (Å²) in [5, 5.41) is 5.00. The number of fused-ring (bicyclic) bond motifs is 1. The molecule has 0 spiro atoms. The maximum absolute atomic E-state index is 12.5. The van der Waals surface area contributed by atoms with Crippen molar-refractivity contribution in [2.75, 3.05) is 0 Å². The van der Waals surface area contributed by atoms with Crippen LogP contribution in [-0.4, -0.2) is 24.3 Å². The second kappa shape index (κ2) is 5.71. The molecule has 0 saturated heterocycles. The summed E-state index contributed by atoms with van der Waals surface area (Å²) in [7, 11) is 0. The number of nitrogens with zero attached hydrogens (tertiary/aromatic N) is 5. The molecule has 1 aromatic carbocycles. The summed E-state index contributed by atoms with van der Waals surface area (Å²) >= 11 is 0. The molecular weight excluding hydrogens is 278 g/mol. The van der Waals surface area contributed by atoms with E-state index in [4.69, 9.17) is 0 Å². The lowest BCUT2D eigenvalue weighted by Gasteiger charge is -2.08. The van der Waals surface area contributed by atoms with Crippen LogP contribution in [0.15, 0.2) is 29.3 Å². The zero-order valence-electron chi connectivity index (χ0n) is 13.1. The van der Waals surface area contributed by atoms with E-state index in [1.54, 1.807) is 10.9 Å². The number of hydrogen-bond acceptors (Lipinski definition) is 4. The molecule has 0 radical (unpaired) electrons. The van der Waals surface area contributed by atoms with Gasteiger partial charge in [0.15, 0.2) is 0 Å². The monoisotopic (exact) mass is 297 g/mol. The average Bonchev–Trinajstić information content (AvgIpc) is 2.80. The number of benzene rings is 1. The van der Waals surface area contributed by atoms with Crippen molar-refractivity contribution >= 4 is 10.9 Å². The van der Waals surface area contributed by atoms with Gasteiger partial charge in [0.25, 0.3) is 5.56 Å². The standard InChI is InChI=1S/C16H19N5O/c1-11-6-4-7-14-15(11)17-10-20(16(14)22)8-5-9-21-13(3)18-12(2)19-21/h4,6-7,10H,5,8-9H2,1-3H3. The molecule has 0 aliphatic carbocycles. The lowest BCUT2D eigenvalue weighted by Crippen LogP contribution is -2.21. The summed E-state index contributed by atoms with van der Waals surface area (Å²) in [6.45, 7) is 7.14. The fraction of sp³-hybridized carbons (Fsp3) is 0.375. The van der Waals surface area contributed by atoms with Crippen molar-refractivity contribution in [3.63, 3.8) is 0 Å². The zero-order valence-corrected chi connectivity index (χ0v) is 13.1. The topological polar surface area (TPSA) is 65.6 Å². The second-order valence-corrected chi connectivity index (χ2v) is 5.50. The minimum atomic E-state index is 0.0141. The first-order valence-corrected chi connectivity index (χ1v) is 7.39. The van der Waals surface area contributed by atoms with Crippen LogP contribution in [0.3, 0.4) is 0 Å². The second-order valence-electron chi connectivity index (χ2n) is 5.50. The molecule has 0 aliphatic rings. The highest BCUT2D eigenvalue weighted by molar-refractivity contribution is 5.80. The molecule has 22 heavy (non-hydrogen) atoms. The van der Waals surface area contributed by atoms with Crippen molar-refractivity contribution in [1.29, 1.82) is 0 Å². The Kier molecular flexibility index (Phi) is 3.75. The third kappa shape index (κ3) is 2.64. The van der Waals surface area contributed by atoms with Gasteiger partial charge in [-0.15, -0.1) is 0 Å². The molecule has 3 rings (SSSR count). The van der Waals surface area contributed by atoms with E-state index in [0.29, 0.717) is 11.9 Å². The number of aryl methyl sites for hydroxylation is 5. The molecule has 0 unspecified atom stereocenters. The molecule has 0 saturated carbocycles. The Morgan fingerprint density at radius 1 is 1.14 bits per heavy atom. The first kappa shape index (κ1) is 14.4. The van der Waals surface area contributed by atoms with Gasteiger partial charge in [0.2, 0.25) is 0 Å². The van der Waals surface area contributed by atoms with Crippen LogP contribution in [0.25, 0.3) is 10.9 Å². The van der Waals surface area contributed by atoms with Crippen LogP contribution in [0.2, 0.25) is 0 Å². The van der Waals surface area contributed by atoms with Crippen LogP contribution >= 0.6 is 0 Å². The predicted octanol–water partition coefficient (Wildman–Crippen LogP) is 2.00. The summed E-state index contributed by atoms with van der Waals surface area (Å²) in [6.07, 6.45) is 2.44. The Bertz CT molecular complexity index is 878. The average molecular weight is 297 g/mol. The Hall–Kier alpha value is -2.50. The third-order valence-electron chi connectivity index (χ3n) is 3.79. The maximum atomic E-state index is 12.5. The molecule has 2 heterocycles. The van der Waals surface area contributed by atoms with E-state index < -0.39 is 0 Å². The number of hydrogen-bond donors (Lipinski definition) is 0. The highest BCUT2D eigenvalue weighted by Gasteiger charge is 2.06. The Morgan fingerprint density at radius 3 is 2.68 bits per heavy atom. The van der Waals surface area contributed by atoms with Gasteiger partial charge in [-0.1, -0.05) is 12.1 Å². The van der Waals surface area contributed by atoms with Gasteiger partial charge < -0.3 is 0 Å². The summed E-state index contributed by atoms with van der Waals surface area (Å²) in [4.78, 5) is 21.2. The highest BCUT2D eigenvalue weighted by Crippen LogP contribution is 2.11. The van der Waals surface area contributed by atoms with Gasteiger partial charge in [0.1, 0.15) is 11.6 Å². The third-order valence-corrected chi connectivity index (χ3v) is 3.79. The lowest BCUT2D eigenvalue weighted by atomic mass is 10.1. The number of rotatable bonds is 4. The number of para-hydroxylation sites is 1. The van der Waals surface area contributed by atoms with Crippen LogP contribution in [0.4, 0.5) is 0 Å². The smallest absolute Gasteiger partial charge is 0.261 e. The molecule has 6 nitrogen and oxygen atoms in total. The van der Waals surface area contributed by atoms with Gasteiger partial charge in [0.05, 0.1) is 17.2 Å². The van der Waals surface area contributed by atoms with Gasteiger partial charge >= 0.3 is 0 Å². The number of aromatic nitrogens is 5. The fourth-order valence-corrected chi connectivity index (χ4v) is 2.66. The van der Waals surface area contributed by atoms with E-state index in [1.165, 1.54) is 0 Å². The van der Waals surface area contributed by atoms with Crippen molar-refractivity contribution in [3.05, 3.63) is 52.1 Å². The van der Waals surface area contributed by atoms with Crippen molar-refractivity contribution in [2.24, 2.45) is 0 Å². The summed E-state index contributed by atoms with van der Waals surface area (Å²) in [5.41, 5.74) is 1.82. The van der Waals surface area contributed by atoms with Crippen molar-refractivity contribution in [2.45, 2.75) is 40.3 Å². The van der Waals surface area contributed by atoms with E-state index in [0.717, 1.165) is 35.7 Å². The molecule has 0 aliphatic heterocycles. The Labute approximate surface area is 128 Å². The van der Waals surface area contributed by atoms with Crippen LogP contribution in [-0.2, 0) is 13.1 Å². The molecular formula is C16H19N5O. The van der Waals surface area contributed by atoms with Crippen LogP contribution < -0.4 is 5.56 Å². The van der Waals surface area contributed by atoms with Crippen LogP contribution in [0, 0.1) is 20.8 Å². The summed E-state index contributed by atoms with van der Waals surface area (Å²) < 4.78 is 3.54. The summed E-state index contributed by atoms with van der Waals surface area (Å²) in [5.74, 6) is 1.68. The van der Waals surface area contributed by atoms with Crippen LogP contribution in [0.5, 0.6) is 0 Å². The summed E-state index contributed by atoms with van der Waals surface area (Å²) in [6, 6.07) is 5.70. The molecule has 2 aromatic heterocycles. The molecule has 0 atom stereocenters. The largest absolute Gasteiger partial charge is 0.299 e. The van der Waals surface area contributed by atoms with E-state index in [1.807, 2.05) is 43.7 Å². The van der Waals surface area contributed by atoms with Gasteiger partial charge in [-0.2, -0.15) is 5.10 Å². The van der Waals surface area contributed by atoms with Gasteiger partial charge in [-0.25, -0.2) is 9.97 Å². The molecule has 6 heteroatoms. The van der Waals surface area contributed by atoms with E-state index in [-0.39, 0.29) is 5.56 Å². The molecule has 0 fully saturated rings. The first-order valence-electron chi connectivity index (χ1n) is 7.39. The molecule has 0 amide bonds. The van der Waals surface area contributed by atoms with Crippen LogP contribution in [0.1, 0.15) is 23.6 Å². The molecule has 0 bridgehead atoms. The minimum absolute atomic E-state index is 0.0141. The van der Waals surface area contributed by atoms with E-state index in [2.05, 4.69) is 15.1 Å². The first-order chi connectivity index (χ1) is 10.6. The van der Waals surface area contributed by atoms with E-state index in [9.17, 15) is 4.79 Å². The van der Waals surface area contributed by atoms with Crippen molar-refractivity contribution in [1.82, 2.24) is 24.3 Å². The van der Waals surface area contributed by atoms with Crippen molar-refractivity contribution < 1.29 is 0 Å². The van der Waals surface area contributed by atoms with Gasteiger partial charge in [0, 0.05) is 13.1 Å².